The predicted molar refractivity (Wildman–Crippen MR) is 67.3 cm³/mol. The van der Waals surface area contributed by atoms with E-state index in [-0.39, 0.29) is 23.8 Å². The Kier molecular flexibility index (Phi) is 3.31. The van der Waals surface area contributed by atoms with E-state index in [0.717, 1.165) is 25.9 Å². The molecule has 2 N–H and O–H groups in total. The maximum atomic E-state index is 12.2. The van der Waals surface area contributed by atoms with Gasteiger partial charge in [-0.15, -0.1) is 0 Å². The van der Waals surface area contributed by atoms with Crippen LogP contribution in [-0.4, -0.2) is 36.2 Å². The molecule has 1 saturated heterocycles. The average Bonchev–Trinajstić information content (AvgIpc) is 3.10. The highest BCUT2D eigenvalue weighted by molar-refractivity contribution is 5.86. The second kappa shape index (κ2) is 4.96. The van der Waals surface area contributed by atoms with Gasteiger partial charge in [-0.1, -0.05) is 12.2 Å². The third-order valence-corrected chi connectivity index (χ3v) is 4.58. The molecular formula is C14H19NO4. The van der Waals surface area contributed by atoms with E-state index in [4.69, 9.17) is 4.74 Å². The van der Waals surface area contributed by atoms with Crippen LogP contribution in [0.5, 0.6) is 0 Å². The van der Waals surface area contributed by atoms with Crippen molar-refractivity contribution in [1.29, 1.82) is 0 Å². The second-order valence-corrected chi connectivity index (χ2v) is 5.72. The number of nitrogens with one attached hydrogen (secondary N) is 1. The lowest BCUT2D eigenvalue weighted by molar-refractivity contribution is -0.147. The fraction of sp³-hybridized carbons (Fsp3) is 0.714. The Bertz CT molecular complexity index is 414. The van der Waals surface area contributed by atoms with E-state index < -0.39 is 17.8 Å². The highest BCUT2D eigenvalue weighted by atomic mass is 16.5. The number of amides is 1. The molecule has 1 aliphatic heterocycles. The molecule has 0 spiro atoms. The van der Waals surface area contributed by atoms with Gasteiger partial charge in [0.2, 0.25) is 5.91 Å². The summed E-state index contributed by atoms with van der Waals surface area (Å²) in [6, 6.07) is 0. The van der Waals surface area contributed by atoms with Crippen molar-refractivity contribution >= 4 is 11.9 Å². The summed E-state index contributed by atoms with van der Waals surface area (Å²) >= 11 is 0. The van der Waals surface area contributed by atoms with Crippen LogP contribution >= 0.6 is 0 Å². The van der Waals surface area contributed by atoms with E-state index in [1.54, 1.807) is 0 Å². The molecule has 3 aliphatic rings. The largest absolute Gasteiger partial charge is 0.481 e. The number of carbonyl (C=O) groups excluding carboxylic acids is 1. The highest BCUT2D eigenvalue weighted by Crippen LogP contribution is 2.48. The molecular weight excluding hydrogens is 246 g/mol. The van der Waals surface area contributed by atoms with Crippen LogP contribution in [-0.2, 0) is 14.3 Å². The Morgan fingerprint density at radius 1 is 1.26 bits per heavy atom. The first-order valence-electron chi connectivity index (χ1n) is 6.97. The van der Waals surface area contributed by atoms with Gasteiger partial charge in [0, 0.05) is 13.2 Å². The van der Waals surface area contributed by atoms with Gasteiger partial charge in [-0.05, 0) is 31.1 Å². The lowest BCUT2D eigenvalue weighted by atomic mass is 9.82. The van der Waals surface area contributed by atoms with Crippen LogP contribution < -0.4 is 5.32 Å². The van der Waals surface area contributed by atoms with Crippen molar-refractivity contribution in [3.05, 3.63) is 12.2 Å². The van der Waals surface area contributed by atoms with E-state index in [0.29, 0.717) is 6.54 Å². The van der Waals surface area contributed by atoms with E-state index in [2.05, 4.69) is 5.32 Å². The van der Waals surface area contributed by atoms with Gasteiger partial charge in [-0.25, -0.2) is 0 Å². The van der Waals surface area contributed by atoms with Gasteiger partial charge in [0.05, 0.1) is 17.9 Å². The summed E-state index contributed by atoms with van der Waals surface area (Å²) in [7, 11) is 0. The fourth-order valence-electron chi connectivity index (χ4n) is 3.65. The van der Waals surface area contributed by atoms with Crippen molar-refractivity contribution in [3.63, 3.8) is 0 Å². The molecule has 0 aromatic rings. The number of carbonyl (C=O) groups is 2. The Hall–Kier alpha value is -1.36. The number of allylic oxidation sites excluding steroid dienone is 2. The van der Waals surface area contributed by atoms with Crippen LogP contribution in [0.4, 0.5) is 0 Å². The minimum atomic E-state index is -0.853. The molecule has 3 rings (SSSR count). The molecule has 19 heavy (non-hydrogen) atoms. The highest BCUT2D eigenvalue weighted by Gasteiger charge is 2.51. The van der Waals surface area contributed by atoms with Gasteiger partial charge >= 0.3 is 5.97 Å². The number of carboxylic acid groups (broad SMARTS) is 1. The van der Waals surface area contributed by atoms with E-state index in [1.807, 2.05) is 12.2 Å². The fourth-order valence-corrected chi connectivity index (χ4v) is 3.65. The van der Waals surface area contributed by atoms with Crippen molar-refractivity contribution in [2.24, 2.45) is 23.7 Å². The summed E-state index contributed by atoms with van der Waals surface area (Å²) < 4.78 is 5.46. The molecule has 1 saturated carbocycles. The maximum Gasteiger partial charge on any atom is 0.307 e. The smallest absolute Gasteiger partial charge is 0.307 e. The van der Waals surface area contributed by atoms with Crippen LogP contribution in [0.2, 0.25) is 0 Å². The zero-order valence-corrected chi connectivity index (χ0v) is 10.7. The molecule has 1 heterocycles. The van der Waals surface area contributed by atoms with Gasteiger partial charge in [-0.2, -0.15) is 0 Å². The summed E-state index contributed by atoms with van der Waals surface area (Å²) in [5.41, 5.74) is 0. The van der Waals surface area contributed by atoms with Gasteiger partial charge < -0.3 is 15.2 Å². The molecule has 2 bridgehead atoms. The number of hydrogen-bond acceptors (Lipinski definition) is 3. The second-order valence-electron chi connectivity index (χ2n) is 5.72. The number of ether oxygens (including phenoxy) is 1. The Morgan fingerprint density at radius 2 is 2.00 bits per heavy atom. The zero-order valence-electron chi connectivity index (χ0n) is 10.7. The first-order valence-corrected chi connectivity index (χ1v) is 6.97. The summed E-state index contributed by atoms with van der Waals surface area (Å²) in [5.74, 6) is -1.82. The lowest BCUT2D eigenvalue weighted by Crippen LogP contribution is -2.42. The Morgan fingerprint density at radius 3 is 2.63 bits per heavy atom. The van der Waals surface area contributed by atoms with Crippen LogP contribution in [0.25, 0.3) is 0 Å². The molecule has 1 amide bonds. The minimum Gasteiger partial charge on any atom is -0.481 e. The summed E-state index contributed by atoms with van der Waals surface area (Å²) in [4.78, 5) is 23.6. The predicted octanol–water partition coefficient (Wildman–Crippen LogP) is 0.804. The number of aliphatic carboxylic acids is 1. The number of carboxylic acids is 1. The van der Waals surface area contributed by atoms with Crippen molar-refractivity contribution < 1.29 is 19.4 Å². The number of hydrogen-bond donors (Lipinski definition) is 2. The van der Waals surface area contributed by atoms with Crippen molar-refractivity contribution in [3.8, 4) is 0 Å². The van der Waals surface area contributed by atoms with Gasteiger partial charge in [0.25, 0.3) is 0 Å². The van der Waals surface area contributed by atoms with Crippen LogP contribution in [0, 0.1) is 23.7 Å². The molecule has 5 atom stereocenters. The lowest BCUT2D eigenvalue weighted by Gasteiger charge is -2.24. The normalized spacial score (nSPS) is 39.7. The quantitative estimate of drug-likeness (QED) is 0.737. The molecule has 5 heteroatoms. The van der Waals surface area contributed by atoms with Gasteiger partial charge in [-0.3, -0.25) is 9.59 Å². The number of rotatable bonds is 4. The SMILES string of the molecule is O=C(O)[C@@H]1[C@@H](C(=O)NC[C@H]2CCCO2)[C@H]2C=C[C@H]1C2. The van der Waals surface area contributed by atoms with E-state index in [1.165, 1.54) is 0 Å². The Balaban J connectivity index is 1.62. The number of fused-ring (bicyclic) bond motifs is 2. The van der Waals surface area contributed by atoms with E-state index >= 15 is 0 Å². The summed E-state index contributed by atoms with van der Waals surface area (Å²) in [6.45, 7) is 1.26. The average molecular weight is 265 g/mol. The van der Waals surface area contributed by atoms with Crippen molar-refractivity contribution in [2.75, 3.05) is 13.2 Å². The third-order valence-electron chi connectivity index (χ3n) is 4.58. The summed E-state index contributed by atoms with van der Waals surface area (Å²) in [6.07, 6.45) is 6.86. The van der Waals surface area contributed by atoms with Crippen molar-refractivity contribution in [2.45, 2.75) is 25.4 Å². The molecule has 2 fully saturated rings. The third kappa shape index (κ3) is 2.27. The summed E-state index contributed by atoms with van der Waals surface area (Å²) in [5, 5.41) is 12.2. The van der Waals surface area contributed by atoms with Crippen LogP contribution in [0.3, 0.4) is 0 Å². The first-order chi connectivity index (χ1) is 9.16. The minimum absolute atomic E-state index is 0.0287. The van der Waals surface area contributed by atoms with Gasteiger partial charge in [0.1, 0.15) is 0 Å². The first kappa shape index (κ1) is 12.7. The molecule has 0 unspecified atom stereocenters. The van der Waals surface area contributed by atoms with Gasteiger partial charge in [0.15, 0.2) is 0 Å². The van der Waals surface area contributed by atoms with Crippen LogP contribution in [0.1, 0.15) is 19.3 Å². The topological polar surface area (TPSA) is 75.6 Å². The molecule has 0 aromatic carbocycles. The van der Waals surface area contributed by atoms with Crippen molar-refractivity contribution in [1.82, 2.24) is 5.32 Å². The Labute approximate surface area is 112 Å². The zero-order chi connectivity index (χ0) is 13.4. The molecule has 2 aliphatic carbocycles. The molecule has 5 nitrogen and oxygen atoms in total. The molecule has 0 radical (unpaired) electrons. The van der Waals surface area contributed by atoms with Crippen LogP contribution in [0.15, 0.2) is 12.2 Å². The monoisotopic (exact) mass is 265 g/mol. The standard InChI is InChI=1S/C14H19NO4/c16-13(15-7-10-2-1-5-19-10)11-8-3-4-9(6-8)12(11)14(17)18/h3-4,8-12H,1-2,5-7H2,(H,15,16)(H,17,18)/t8-,9-,10+,11-,12-/m0/s1. The molecule has 104 valence electrons. The maximum absolute atomic E-state index is 12.2. The van der Waals surface area contributed by atoms with E-state index in [9.17, 15) is 14.7 Å². The molecule has 0 aromatic heterocycles.